The first-order chi connectivity index (χ1) is 12.7. The lowest BCUT2D eigenvalue weighted by Gasteiger charge is -2.24. The van der Waals surface area contributed by atoms with E-state index in [9.17, 15) is 19.5 Å². The summed E-state index contributed by atoms with van der Waals surface area (Å²) in [4.78, 5) is 36.5. The number of hydrogen-bond acceptors (Lipinski definition) is 6. The molecule has 0 saturated heterocycles. The number of rotatable bonds is 8. The van der Waals surface area contributed by atoms with Gasteiger partial charge in [-0.2, -0.15) is 0 Å². The molecule has 1 aromatic rings. The first kappa shape index (κ1) is 22.4. The molecule has 1 aromatic carbocycles. The number of benzene rings is 1. The van der Waals surface area contributed by atoms with Crippen LogP contribution in [0.25, 0.3) is 0 Å². The number of alkyl carbamates (subject to hydrolysis) is 1. The van der Waals surface area contributed by atoms with Crippen LogP contribution in [-0.4, -0.2) is 54.0 Å². The number of ether oxygens (including phenoxy) is 2. The Hall–Kier alpha value is -2.61. The molecule has 0 heterocycles. The molecular weight excluding hydrogens is 352 g/mol. The van der Waals surface area contributed by atoms with Crippen LogP contribution in [0.15, 0.2) is 30.3 Å². The third-order valence-electron chi connectivity index (χ3n) is 3.36. The van der Waals surface area contributed by atoms with Crippen LogP contribution in [0.5, 0.6) is 0 Å². The van der Waals surface area contributed by atoms with Crippen LogP contribution < -0.4 is 10.6 Å². The van der Waals surface area contributed by atoms with Crippen LogP contribution in [0.3, 0.4) is 0 Å². The summed E-state index contributed by atoms with van der Waals surface area (Å²) in [6.07, 6.45) is -0.567. The number of carbonyl (C=O) groups excluding carboxylic acids is 3. The molecule has 0 saturated carbocycles. The van der Waals surface area contributed by atoms with Crippen LogP contribution >= 0.6 is 0 Å². The molecule has 150 valence electrons. The summed E-state index contributed by atoms with van der Waals surface area (Å²) >= 11 is 0. The van der Waals surface area contributed by atoms with Gasteiger partial charge in [0.2, 0.25) is 5.91 Å². The van der Waals surface area contributed by atoms with Crippen LogP contribution in [0.4, 0.5) is 4.79 Å². The summed E-state index contributed by atoms with van der Waals surface area (Å²) in [5.74, 6) is -1.37. The average molecular weight is 380 g/mol. The highest BCUT2D eigenvalue weighted by atomic mass is 16.6. The molecule has 1 rings (SSSR count). The first-order valence-corrected chi connectivity index (χ1v) is 8.77. The predicted octanol–water partition coefficient (Wildman–Crippen LogP) is 1.16. The molecule has 0 aliphatic rings. The van der Waals surface area contributed by atoms with E-state index in [1.807, 2.05) is 30.3 Å². The monoisotopic (exact) mass is 380 g/mol. The van der Waals surface area contributed by atoms with E-state index in [2.05, 4.69) is 10.6 Å². The maximum Gasteiger partial charge on any atom is 0.408 e. The van der Waals surface area contributed by atoms with Gasteiger partial charge in [0, 0.05) is 6.42 Å². The minimum absolute atomic E-state index is 0.120. The summed E-state index contributed by atoms with van der Waals surface area (Å²) in [5, 5.41) is 14.3. The van der Waals surface area contributed by atoms with Crippen molar-refractivity contribution in [1.82, 2.24) is 10.6 Å². The molecule has 2 atom stereocenters. The number of aliphatic hydroxyl groups excluding tert-OH is 1. The molecule has 0 fully saturated rings. The summed E-state index contributed by atoms with van der Waals surface area (Å²) in [5.41, 5.74) is 0.0848. The van der Waals surface area contributed by atoms with Gasteiger partial charge < -0.3 is 25.2 Å². The van der Waals surface area contributed by atoms with E-state index in [1.54, 1.807) is 27.7 Å². The average Bonchev–Trinajstić information content (AvgIpc) is 2.58. The first-order valence-electron chi connectivity index (χ1n) is 8.77. The van der Waals surface area contributed by atoms with Crippen molar-refractivity contribution in [2.75, 3.05) is 13.2 Å². The Morgan fingerprint density at radius 1 is 1.07 bits per heavy atom. The normalized spacial score (nSPS) is 13.2. The van der Waals surface area contributed by atoms with E-state index < -0.39 is 42.3 Å². The van der Waals surface area contributed by atoms with Crippen molar-refractivity contribution >= 4 is 18.0 Å². The van der Waals surface area contributed by atoms with E-state index in [0.717, 1.165) is 5.56 Å². The number of aliphatic hydroxyl groups is 1. The van der Waals surface area contributed by atoms with Crippen molar-refractivity contribution in [3.8, 4) is 0 Å². The van der Waals surface area contributed by atoms with Crippen molar-refractivity contribution in [1.29, 1.82) is 0 Å². The van der Waals surface area contributed by atoms with Gasteiger partial charge in [-0.15, -0.1) is 0 Å². The Morgan fingerprint density at radius 2 is 1.70 bits per heavy atom. The van der Waals surface area contributed by atoms with E-state index in [-0.39, 0.29) is 13.0 Å². The van der Waals surface area contributed by atoms with Crippen molar-refractivity contribution < 1.29 is 29.0 Å². The van der Waals surface area contributed by atoms with Crippen LogP contribution in [0, 0.1) is 0 Å². The summed E-state index contributed by atoms with van der Waals surface area (Å²) in [6.45, 7) is 6.25. The lowest BCUT2D eigenvalue weighted by Crippen LogP contribution is -2.54. The maximum absolute atomic E-state index is 12.6. The van der Waals surface area contributed by atoms with E-state index in [0.29, 0.717) is 0 Å². The second-order valence-electron chi connectivity index (χ2n) is 6.88. The van der Waals surface area contributed by atoms with Gasteiger partial charge in [0.05, 0.1) is 13.2 Å². The fourth-order valence-corrected chi connectivity index (χ4v) is 2.20. The Labute approximate surface area is 159 Å². The largest absolute Gasteiger partial charge is 0.464 e. The molecule has 27 heavy (non-hydrogen) atoms. The van der Waals surface area contributed by atoms with Gasteiger partial charge in [-0.3, -0.25) is 4.79 Å². The molecule has 0 aliphatic heterocycles. The van der Waals surface area contributed by atoms with Gasteiger partial charge in [-0.25, -0.2) is 9.59 Å². The number of esters is 1. The highest BCUT2D eigenvalue weighted by Crippen LogP contribution is 2.09. The minimum Gasteiger partial charge on any atom is -0.464 e. The topological polar surface area (TPSA) is 114 Å². The fourth-order valence-electron chi connectivity index (χ4n) is 2.20. The zero-order valence-electron chi connectivity index (χ0n) is 16.2. The molecule has 2 amide bonds. The van der Waals surface area contributed by atoms with Crippen LogP contribution in [-0.2, 0) is 25.5 Å². The van der Waals surface area contributed by atoms with Gasteiger partial charge in [0.25, 0.3) is 0 Å². The summed E-state index contributed by atoms with van der Waals surface area (Å²) in [7, 11) is 0. The summed E-state index contributed by atoms with van der Waals surface area (Å²) in [6, 6.07) is 6.88. The van der Waals surface area contributed by atoms with E-state index >= 15 is 0 Å². The van der Waals surface area contributed by atoms with Crippen molar-refractivity contribution in [3.05, 3.63) is 35.9 Å². The second kappa shape index (κ2) is 10.5. The number of carbonyl (C=O) groups is 3. The van der Waals surface area contributed by atoms with E-state index in [1.165, 1.54) is 0 Å². The standard InChI is InChI=1S/C19H28N2O6/c1-5-26-17(24)15(12-22)20-16(23)14(11-13-9-7-6-8-10-13)21-18(25)27-19(2,3)4/h6-10,14-15,22H,5,11-12H2,1-4H3,(H,20,23)(H,21,25)/t14-,15-/m0/s1. The smallest absolute Gasteiger partial charge is 0.408 e. The van der Waals surface area contributed by atoms with Crippen LogP contribution in [0.2, 0.25) is 0 Å². The van der Waals surface area contributed by atoms with Gasteiger partial charge in [0.15, 0.2) is 6.04 Å². The quantitative estimate of drug-likeness (QED) is 0.583. The van der Waals surface area contributed by atoms with E-state index in [4.69, 9.17) is 9.47 Å². The molecule has 0 unspecified atom stereocenters. The third-order valence-corrected chi connectivity index (χ3v) is 3.36. The second-order valence-corrected chi connectivity index (χ2v) is 6.88. The number of amides is 2. The Kier molecular flexibility index (Phi) is 8.74. The molecule has 8 nitrogen and oxygen atoms in total. The molecule has 0 aromatic heterocycles. The minimum atomic E-state index is -1.21. The molecule has 8 heteroatoms. The molecular formula is C19H28N2O6. The third kappa shape index (κ3) is 8.54. The fraction of sp³-hybridized carbons (Fsp3) is 0.526. The van der Waals surface area contributed by atoms with Crippen molar-refractivity contribution in [2.24, 2.45) is 0 Å². The Bertz CT molecular complexity index is 627. The zero-order chi connectivity index (χ0) is 20.4. The van der Waals surface area contributed by atoms with Crippen LogP contribution in [0.1, 0.15) is 33.3 Å². The SMILES string of the molecule is CCOC(=O)[C@H](CO)NC(=O)[C@H](Cc1ccccc1)NC(=O)OC(C)(C)C. The lowest BCUT2D eigenvalue weighted by molar-refractivity contribution is -0.148. The predicted molar refractivity (Wildman–Crippen MR) is 99.0 cm³/mol. The molecule has 0 bridgehead atoms. The summed E-state index contributed by atoms with van der Waals surface area (Å²) < 4.78 is 10.0. The maximum atomic E-state index is 12.6. The van der Waals surface area contributed by atoms with Gasteiger partial charge >= 0.3 is 12.1 Å². The lowest BCUT2D eigenvalue weighted by atomic mass is 10.0. The van der Waals surface area contributed by atoms with Crippen molar-refractivity contribution in [3.63, 3.8) is 0 Å². The highest BCUT2D eigenvalue weighted by molar-refractivity contribution is 5.90. The Morgan fingerprint density at radius 3 is 2.22 bits per heavy atom. The molecule has 0 aliphatic carbocycles. The zero-order valence-corrected chi connectivity index (χ0v) is 16.2. The molecule has 0 spiro atoms. The molecule has 3 N–H and O–H groups in total. The van der Waals surface area contributed by atoms with Gasteiger partial charge in [0.1, 0.15) is 11.6 Å². The highest BCUT2D eigenvalue weighted by Gasteiger charge is 2.28. The molecule has 0 radical (unpaired) electrons. The number of nitrogens with one attached hydrogen (secondary N) is 2. The van der Waals surface area contributed by atoms with Gasteiger partial charge in [-0.05, 0) is 33.3 Å². The van der Waals surface area contributed by atoms with Crippen molar-refractivity contribution in [2.45, 2.75) is 51.8 Å². The van der Waals surface area contributed by atoms with Gasteiger partial charge in [-0.1, -0.05) is 30.3 Å². The Balaban J connectivity index is 2.89. The number of hydrogen-bond donors (Lipinski definition) is 3.